The van der Waals surface area contributed by atoms with Gasteiger partial charge in [-0.25, -0.2) is 4.79 Å². The van der Waals surface area contributed by atoms with Crippen molar-refractivity contribution in [3.8, 4) is 0 Å². The molecule has 0 saturated carbocycles. The molecule has 0 aromatic carbocycles. The van der Waals surface area contributed by atoms with E-state index in [-0.39, 0.29) is 23.3 Å². The second-order valence-electron chi connectivity index (χ2n) is 13.5. The average Bonchev–Trinajstić information content (AvgIpc) is 2.99. The number of aliphatic carboxylic acids is 1. The molecule has 6 N–H and O–H groups in total. The summed E-state index contributed by atoms with van der Waals surface area (Å²) in [5.74, 6) is -1.33. The molecule has 1 aliphatic heterocycles. The summed E-state index contributed by atoms with van der Waals surface area (Å²) in [5, 5.41) is 62.6. The van der Waals surface area contributed by atoms with Crippen LogP contribution in [0.2, 0.25) is 0 Å². The van der Waals surface area contributed by atoms with Gasteiger partial charge in [0.25, 0.3) is 0 Å². The van der Waals surface area contributed by atoms with Gasteiger partial charge in [-0.05, 0) is 62.7 Å². The van der Waals surface area contributed by atoms with Crippen LogP contribution in [0.5, 0.6) is 0 Å². The molecular weight excluding hydrogens is 592 g/mol. The number of carboxylic acid groups (broad SMARTS) is 1. The highest BCUT2D eigenvalue weighted by atomic mass is 16.7. The van der Waals surface area contributed by atoms with E-state index in [9.17, 15) is 30.3 Å². The number of carbonyl (C=O) groups is 1. The van der Waals surface area contributed by atoms with E-state index in [1.165, 1.54) is 20.1 Å². The lowest BCUT2D eigenvalue weighted by atomic mass is 9.87. The third-order valence-corrected chi connectivity index (χ3v) is 9.15. The molecule has 0 aliphatic carbocycles. The van der Waals surface area contributed by atoms with Gasteiger partial charge in [0.1, 0.15) is 24.4 Å². The maximum atomic E-state index is 11.3. The van der Waals surface area contributed by atoms with E-state index >= 15 is 0 Å². The van der Waals surface area contributed by atoms with Gasteiger partial charge >= 0.3 is 5.97 Å². The van der Waals surface area contributed by atoms with Crippen molar-refractivity contribution in [1.29, 1.82) is 0 Å². The number of aliphatic hydroxyl groups excluding tert-OH is 5. The molecule has 46 heavy (non-hydrogen) atoms. The normalized spacial score (nSPS) is 29.0. The van der Waals surface area contributed by atoms with Crippen LogP contribution in [0.25, 0.3) is 0 Å². The number of methoxy groups -OCH3 is 1. The summed E-state index contributed by atoms with van der Waals surface area (Å²) >= 11 is 0. The Hall–Kier alpha value is -1.89. The standard InChI is InChI=1S/C36H62O10/c1-12-19(2)13-20(3)14-25(8)33(46-36-32(41)31(40)34(44-11)28(18-37)45-36)26(9)16-23(6)29(38)21(4)15-22(5)30(39)24(7)17-27(10)35(42)43/h14-17,19-21,24,26,28-34,36-41H,12-13,18H2,1-11H3,(H,42,43)/b22-15+,23-16+,25-14-,27-17-/t19-,20-,21-,24-,26-,28+,29-,30+,31-,32-,33+,34+,36-/m0/s1. The van der Waals surface area contributed by atoms with Gasteiger partial charge in [-0.1, -0.05) is 72.3 Å². The highest BCUT2D eigenvalue weighted by Gasteiger charge is 2.46. The van der Waals surface area contributed by atoms with Gasteiger partial charge < -0.3 is 44.8 Å². The smallest absolute Gasteiger partial charge is 0.330 e. The third kappa shape index (κ3) is 12.3. The minimum atomic E-state index is -1.42. The molecule has 13 atom stereocenters. The van der Waals surface area contributed by atoms with Crippen LogP contribution in [-0.4, -0.2) is 99.3 Å². The lowest BCUT2D eigenvalue weighted by Crippen LogP contribution is -2.60. The molecule has 10 heteroatoms. The Balaban J connectivity index is 3.32. The second-order valence-corrected chi connectivity index (χ2v) is 13.5. The predicted molar refractivity (Wildman–Crippen MR) is 179 cm³/mol. The van der Waals surface area contributed by atoms with E-state index < -0.39 is 67.5 Å². The summed E-state index contributed by atoms with van der Waals surface area (Å²) in [6.45, 7) is 18.6. The number of hydrogen-bond donors (Lipinski definition) is 6. The molecular formula is C36H62O10. The molecule has 1 aliphatic rings. The lowest BCUT2D eigenvalue weighted by molar-refractivity contribution is -0.313. The first-order valence-electron chi connectivity index (χ1n) is 16.5. The van der Waals surface area contributed by atoms with Gasteiger partial charge in [-0.3, -0.25) is 0 Å². The predicted octanol–water partition coefficient (Wildman–Crippen LogP) is 4.40. The van der Waals surface area contributed by atoms with Crippen molar-refractivity contribution in [2.75, 3.05) is 13.7 Å². The van der Waals surface area contributed by atoms with Gasteiger partial charge in [-0.15, -0.1) is 0 Å². The Morgan fingerprint density at radius 2 is 1.35 bits per heavy atom. The summed E-state index contributed by atoms with van der Waals surface area (Å²) < 4.78 is 17.5. The fourth-order valence-electron chi connectivity index (χ4n) is 6.25. The van der Waals surface area contributed by atoms with Crippen LogP contribution in [0.3, 0.4) is 0 Å². The zero-order chi connectivity index (χ0) is 35.5. The molecule has 10 nitrogen and oxygen atoms in total. The first-order valence-corrected chi connectivity index (χ1v) is 16.5. The van der Waals surface area contributed by atoms with Gasteiger partial charge in [0.15, 0.2) is 6.29 Å². The van der Waals surface area contributed by atoms with E-state index in [0.717, 1.165) is 18.4 Å². The van der Waals surface area contributed by atoms with Gasteiger partial charge in [0.05, 0.1) is 24.9 Å². The number of carboxylic acids is 1. The number of allylic oxidation sites excluding steroid dienone is 1. The molecule has 1 rings (SSSR count). The molecule has 0 aromatic heterocycles. The van der Waals surface area contributed by atoms with Crippen molar-refractivity contribution in [2.45, 2.75) is 131 Å². The van der Waals surface area contributed by atoms with E-state index in [4.69, 9.17) is 19.3 Å². The highest BCUT2D eigenvalue weighted by Crippen LogP contribution is 2.31. The monoisotopic (exact) mass is 654 g/mol. The zero-order valence-corrected chi connectivity index (χ0v) is 29.8. The van der Waals surface area contributed by atoms with Crippen molar-refractivity contribution in [2.24, 2.45) is 29.6 Å². The van der Waals surface area contributed by atoms with Crippen LogP contribution >= 0.6 is 0 Å². The Morgan fingerprint density at radius 1 is 0.826 bits per heavy atom. The summed E-state index contributed by atoms with van der Waals surface area (Å²) in [4.78, 5) is 11.2. The van der Waals surface area contributed by atoms with Crippen LogP contribution in [-0.2, 0) is 19.0 Å². The first-order chi connectivity index (χ1) is 21.4. The second kappa shape index (κ2) is 19.8. The average molecular weight is 655 g/mol. The Morgan fingerprint density at radius 3 is 1.83 bits per heavy atom. The molecule has 0 spiro atoms. The molecule has 266 valence electrons. The maximum absolute atomic E-state index is 11.3. The lowest BCUT2D eigenvalue weighted by Gasteiger charge is -2.43. The molecule has 1 saturated heterocycles. The molecule has 1 fully saturated rings. The highest BCUT2D eigenvalue weighted by molar-refractivity contribution is 5.85. The van der Waals surface area contributed by atoms with Crippen LogP contribution in [0, 0.1) is 29.6 Å². The van der Waals surface area contributed by atoms with Crippen molar-refractivity contribution >= 4 is 5.97 Å². The van der Waals surface area contributed by atoms with Crippen molar-refractivity contribution in [1.82, 2.24) is 0 Å². The largest absolute Gasteiger partial charge is 0.478 e. The number of ether oxygens (including phenoxy) is 3. The molecule has 0 unspecified atom stereocenters. The van der Waals surface area contributed by atoms with Crippen molar-refractivity contribution < 1.29 is 49.6 Å². The minimum absolute atomic E-state index is 0.154. The van der Waals surface area contributed by atoms with Gasteiger partial charge in [0.2, 0.25) is 0 Å². The summed E-state index contributed by atoms with van der Waals surface area (Å²) in [6, 6.07) is 0. The molecule has 0 amide bonds. The Labute approximate surface area is 276 Å². The van der Waals surface area contributed by atoms with Crippen molar-refractivity contribution in [3.63, 3.8) is 0 Å². The molecule has 0 bridgehead atoms. The van der Waals surface area contributed by atoms with Crippen LogP contribution < -0.4 is 0 Å². The van der Waals surface area contributed by atoms with E-state index in [2.05, 4.69) is 26.8 Å². The van der Waals surface area contributed by atoms with E-state index in [1.807, 2.05) is 33.8 Å². The Kier molecular flexibility index (Phi) is 18.2. The summed E-state index contributed by atoms with van der Waals surface area (Å²) in [5.41, 5.74) is 2.37. The minimum Gasteiger partial charge on any atom is -0.478 e. The van der Waals surface area contributed by atoms with E-state index in [1.54, 1.807) is 19.9 Å². The quantitative estimate of drug-likeness (QED) is 0.0922. The van der Waals surface area contributed by atoms with Crippen LogP contribution in [0.4, 0.5) is 0 Å². The topological polar surface area (TPSA) is 166 Å². The fraction of sp³-hybridized carbons (Fsp3) is 0.750. The summed E-state index contributed by atoms with van der Waals surface area (Å²) in [6.07, 6.45) is 1.25. The number of hydrogen-bond acceptors (Lipinski definition) is 9. The molecule has 1 heterocycles. The zero-order valence-electron chi connectivity index (χ0n) is 29.8. The maximum Gasteiger partial charge on any atom is 0.330 e. The molecule has 0 radical (unpaired) electrons. The van der Waals surface area contributed by atoms with Crippen molar-refractivity contribution in [3.05, 3.63) is 46.6 Å². The summed E-state index contributed by atoms with van der Waals surface area (Å²) in [7, 11) is 1.37. The molecule has 0 aromatic rings. The number of rotatable bonds is 18. The SMILES string of the molecule is CC[C@H](C)C[C@H](C)/C=C(/C)[C@@H](O[C@@H]1O[C@H](CO)[C@@H](OC)[C@@H](O)[C@@H]1O)[C@@H](C)/C=C(\C)[C@@H](O)[C@@H](C)/C=C(\C)[C@@H](O)[C@@H](C)/C=C(/C)C(=O)O. The third-order valence-electron chi connectivity index (χ3n) is 9.15. The Bertz CT molecular complexity index is 1060. The van der Waals surface area contributed by atoms with E-state index in [0.29, 0.717) is 17.1 Å². The van der Waals surface area contributed by atoms with Gasteiger partial charge in [0, 0.05) is 30.4 Å². The van der Waals surface area contributed by atoms with Gasteiger partial charge in [-0.2, -0.15) is 0 Å². The fourth-order valence-corrected chi connectivity index (χ4v) is 6.25. The van der Waals surface area contributed by atoms with Crippen LogP contribution in [0.15, 0.2) is 46.6 Å². The number of aliphatic hydroxyl groups is 5. The first kappa shape index (κ1) is 42.1. The van der Waals surface area contributed by atoms with Crippen LogP contribution in [0.1, 0.15) is 82.1 Å².